The highest BCUT2D eigenvalue weighted by Crippen LogP contribution is 2.31. The number of aromatic amines is 1. The van der Waals surface area contributed by atoms with Crippen LogP contribution in [0.4, 0.5) is 0 Å². The van der Waals surface area contributed by atoms with Crippen LogP contribution in [0.1, 0.15) is 64.1 Å². The number of rotatable bonds is 6. The van der Waals surface area contributed by atoms with Gasteiger partial charge in [0, 0.05) is 28.6 Å². The summed E-state index contributed by atoms with van der Waals surface area (Å²) in [6.45, 7) is 2.71. The average molecular weight is 480 g/mol. The fraction of sp³-hybridized carbons (Fsp3) is 0.308. The van der Waals surface area contributed by atoms with Crippen LogP contribution in [0.2, 0.25) is 5.02 Å². The number of fused-ring (bicyclic) bond motifs is 1. The number of carbonyl (C=O) groups is 2. The molecule has 1 aromatic heterocycles. The molecule has 0 saturated carbocycles. The number of hydrogen-bond acceptors (Lipinski definition) is 5. The molecule has 0 spiro atoms. The van der Waals surface area contributed by atoms with Crippen LogP contribution in [0.5, 0.6) is 0 Å². The Balaban J connectivity index is 1.69. The normalized spacial score (nSPS) is 15.0. The Morgan fingerprint density at radius 1 is 1.18 bits per heavy atom. The zero-order valence-corrected chi connectivity index (χ0v) is 19.9. The molecule has 3 aromatic rings. The van der Waals surface area contributed by atoms with E-state index in [9.17, 15) is 14.4 Å². The first kappa shape index (κ1) is 23.7. The van der Waals surface area contributed by atoms with E-state index in [4.69, 9.17) is 21.3 Å². The third-order valence-electron chi connectivity index (χ3n) is 6.07. The summed E-state index contributed by atoms with van der Waals surface area (Å²) in [5, 5.41) is 0.607. The van der Waals surface area contributed by atoms with Crippen molar-refractivity contribution in [1.82, 2.24) is 14.9 Å². The maximum absolute atomic E-state index is 13.4. The molecular formula is C26H26ClN3O4. The fourth-order valence-electron chi connectivity index (χ4n) is 4.27. The number of ether oxygens (including phenoxy) is 1. The van der Waals surface area contributed by atoms with Crippen molar-refractivity contribution < 1.29 is 14.3 Å². The van der Waals surface area contributed by atoms with Gasteiger partial charge in [0.2, 0.25) is 0 Å². The predicted molar refractivity (Wildman–Crippen MR) is 130 cm³/mol. The number of carbonyl (C=O) groups excluding carboxylic acids is 2. The maximum atomic E-state index is 13.4. The zero-order valence-electron chi connectivity index (χ0n) is 19.1. The van der Waals surface area contributed by atoms with Gasteiger partial charge in [-0.15, -0.1) is 0 Å². The van der Waals surface area contributed by atoms with Crippen molar-refractivity contribution in [3.05, 3.63) is 86.3 Å². The van der Waals surface area contributed by atoms with E-state index in [1.807, 2.05) is 12.1 Å². The Kier molecular flexibility index (Phi) is 7.12. The molecule has 1 amide bonds. The lowest BCUT2D eigenvalue weighted by molar-refractivity contribution is 0.0600. The number of amides is 1. The summed E-state index contributed by atoms with van der Waals surface area (Å²) in [6, 6.07) is 13.6. The zero-order chi connectivity index (χ0) is 24.2. The number of nitrogens with zero attached hydrogens (tertiary/aromatic N) is 2. The van der Waals surface area contributed by atoms with Crippen molar-refractivity contribution in [3.63, 3.8) is 0 Å². The fourth-order valence-corrected chi connectivity index (χ4v) is 4.40. The van der Waals surface area contributed by atoms with Gasteiger partial charge in [0.25, 0.3) is 11.5 Å². The number of methoxy groups -OCH3 is 1. The lowest BCUT2D eigenvalue weighted by Gasteiger charge is -2.34. The first-order valence-corrected chi connectivity index (χ1v) is 11.7. The van der Waals surface area contributed by atoms with E-state index < -0.39 is 5.97 Å². The van der Waals surface area contributed by atoms with E-state index in [0.717, 1.165) is 30.5 Å². The quantitative estimate of drug-likeness (QED) is 0.512. The third-order valence-corrected chi connectivity index (χ3v) is 6.32. The SMILES string of the molecule is CCCCC1CN(C(=O)c2cccc(C(=O)OC)c2)Cc2c1nc(-c1ccc(Cl)cc1)[nH]c2=O. The molecule has 1 aliphatic rings. The minimum Gasteiger partial charge on any atom is -0.465 e. The lowest BCUT2D eigenvalue weighted by atomic mass is 9.90. The number of aromatic nitrogens is 2. The Morgan fingerprint density at radius 3 is 2.62 bits per heavy atom. The minimum absolute atomic E-state index is 0.0650. The Morgan fingerprint density at radius 2 is 1.91 bits per heavy atom. The molecular weight excluding hydrogens is 454 g/mol. The number of H-pyrrole nitrogens is 1. The topological polar surface area (TPSA) is 92.4 Å². The molecule has 176 valence electrons. The Hall–Kier alpha value is -3.45. The molecule has 2 aromatic carbocycles. The Labute approximate surface area is 202 Å². The largest absolute Gasteiger partial charge is 0.465 e. The number of unbranched alkanes of at least 4 members (excludes halogenated alkanes) is 1. The molecule has 0 aliphatic carbocycles. The van der Waals surface area contributed by atoms with E-state index in [0.29, 0.717) is 34.1 Å². The summed E-state index contributed by atoms with van der Waals surface area (Å²) < 4.78 is 4.77. The second-order valence-electron chi connectivity index (χ2n) is 8.38. The molecule has 0 bridgehead atoms. The second kappa shape index (κ2) is 10.2. The van der Waals surface area contributed by atoms with Crippen LogP contribution in [-0.2, 0) is 11.3 Å². The van der Waals surface area contributed by atoms with Crippen LogP contribution in [0.25, 0.3) is 11.4 Å². The van der Waals surface area contributed by atoms with Crippen molar-refractivity contribution >= 4 is 23.5 Å². The molecule has 34 heavy (non-hydrogen) atoms. The first-order valence-electron chi connectivity index (χ1n) is 11.3. The number of halogens is 1. The van der Waals surface area contributed by atoms with Gasteiger partial charge in [0.05, 0.1) is 30.5 Å². The monoisotopic (exact) mass is 479 g/mol. The van der Waals surface area contributed by atoms with Crippen molar-refractivity contribution in [2.75, 3.05) is 13.7 Å². The summed E-state index contributed by atoms with van der Waals surface area (Å²) in [4.78, 5) is 47.7. The molecule has 8 heteroatoms. The van der Waals surface area contributed by atoms with Gasteiger partial charge in [-0.05, 0) is 48.9 Å². The van der Waals surface area contributed by atoms with Gasteiger partial charge < -0.3 is 14.6 Å². The molecule has 1 unspecified atom stereocenters. The van der Waals surface area contributed by atoms with Gasteiger partial charge >= 0.3 is 5.97 Å². The van der Waals surface area contributed by atoms with Gasteiger partial charge in [-0.2, -0.15) is 0 Å². The van der Waals surface area contributed by atoms with Crippen molar-refractivity contribution in [2.45, 2.75) is 38.6 Å². The van der Waals surface area contributed by atoms with Crippen molar-refractivity contribution in [3.8, 4) is 11.4 Å². The summed E-state index contributed by atoms with van der Waals surface area (Å²) in [5.74, 6) is -0.314. The standard InChI is InChI=1S/C26H26ClN3O4/c1-3-4-6-19-14-30(25(32)17-7-5-8-18(13-17)26(33)34-2)15-21-22(19)28-23(29-24(21)31)16-9-11-20(27)12-10-16/h5,7-13,19H,3-4,6,14-15H2,1-2H3,(H,28,29,31). The van der Waals surface area contributed by atoms with E-state index in [1.54, 1.807) is 35.2 Å². The first-order chi connectivity index (χ1) is 16.4. The molecule has 0 fully saturated rings. The summed E-state index contributed by atoms with van der Waals surface area (Å²) >= 11 is 6.00. The van der Waals surface area contributed by atoms with Crippen molar-refractivity contribution in [1.29, 1.82) is 0 Å². The molecule has 1 aliphatic heterocycles. The van der Waals surface area contributed by atoms with Crippen LogP contribution in [0.3, 0.4) is 0 Å². The smallest absolute Gasteiger partial charge is 0.337 e. The molecule has 0 saturated heterocycles. The number of esters is 1. The molecule has 4 rings (SSSR count). The van der Waals surface area contributed by atoms with Crippen LogP contribution in [0, 0.1) is 0 Å². The molecule has 7 nitrogen and oxygen atoms in total. The number of benzene rings is 2. The van der Waals surface area contributed by atoms with Crippen LogP contribution in [-0.4, -0.2) is 40.4 Å². The highest BCUT2D eigenvalue weighted by molar-refractivity contribution is 6.30. The minimum atomic E-state index is -0.505. The summed E-state index contributed by atoms with van der Waals surface area (Å²) in [5.41, 5.74) is 2.45. The molecule has 1 atom stereocenters. The predicted octanol–water partition coefficient (Wildman–Crippen LogP) is 4.81. The molecule has 1 N–H and O–H groups in total. The maximum Gasteiger partial charge on any atom is 0.337 e. The van der Waals surface area contributed by atoms with Crippen molar-refractivity contribution in [2.24, 2.45) is 0 Å². The summed E-state index contributed by atoms with van der Waals surface area (Å²) in [7, 11) is 1.30. The average Bonchev–Trinajstić information content (AvgIpc) is 2.86. The van der Waals surface area contributed by atoms with E-state index >= 15 is 0 Å². The molecule has 0 radical (unpaired) electrons. The van der Waals surface area contributed by atoms with Gasteiger partial charge in [-0.3, -0.25) is 9.59 Å². The van der Waals surface area contributed by atoms with E-state index in [1.165, 1.54) is 13.2 Å². The van der Waals surface area contributed by atoms with Crippen LogP contribution in [0.15, 0.2) is 53.3 Å². The number of nitrogens with one attached hydrogen (secondary N) is 1. The Bertz CT molecular complexity index is 1270. The van der Waals surface area contributed by atoms with Gasteiger partial charge in [0.1, 0.15) is 5.82 Å². The van der Waals surface area contributed by atoms with Crippen LogP contribution >= 0.6 is 11.6 Å². The van der Waals surface area contributed by atoms with Gasteiger partial charge in [-0.1, -0.05) is 37.4 Å². The summed E-state index contributed by atoms with van der Waals surface area (Å²) in [6.07, 6.45) is 2.76. The lowest BCUT2D eigenvalue weighted by Crippen LogP contribution is -2.42. The third kappa shape index (κ3) is 4.89. The number of hydrogen-bond donors (Lipinski definition) is 1. The second-order valence-corrected chi connectivity index (χ2v) is 8.82. The highest BCUT2D eigenvalue weighted by atomic mass is 35.5. The van der Waals surface area contributed by atoms with Crippen LogP contribution < -0.4 is 5.56 Å². The van der Waals surface area contributed by atoms with Gasteiger partial charge in [-0.25, -0.2) is 9.78 Å². The molecule has 2 heterocycles. The van der Waals surface area contributed by atoms with E-state index in [2.05, 4.69) is 11.9 Å². The van der Waals surface area contributed by atoms with E-state index in [-0.39, 0.29) is 23.9 Å². The van der Waals surface area contributed by atoms with Gasteiger partial charge in [0.15, 0.2) is 0 Å². The highest BCUT2D eigenvalue weighted by Gasteiger charge is 2.32.